The molecular formula is C13H10ClNO2. The smallest absolute Gasteiger partial charge is 0.330 e. The van der Waals surface area contributed by atoms with Crippen molar-refractivity contribution in [3.05, 3.63) is 47.1 Å². The monoisotopic (exact) mass is 247 g/mol. The van der Waals surface area contributed by atoms with Crippen LogP contribution in [0.15, 0.2) is 36.4 Å². The van der Waals surface area contributed by atoms with Crippen LogP contribution in [0.5, 0.6) is 0 Å². The lowest BCUT2D eigenvalue weighted by atomic mass is 10.1. The first-order valence-corrected chi connectivity index (χ1v) is 5.39. The largest absolute Gasteiger partial charge is 0.466 e. The van der Waals surface area contributed by atoms with Crippen LogP contribution in [-0.2, 0) is 9.53 Å². The molecule has 0 aliphatic carbocycles. The van der Waals surface area contributed by atoms with E-state index < -0.39 is 0 Å². The van der Waals surface area contributed by atoms with Crippen LogP contribution in [0, 0.1) is 0 Å². The summed E-state index contributed by atoms with van der Waals surface area (Å²) in [5, 5.41) is 1.44. The Morgan fingerprint density at radius 1 is 1.35 bits per heavy atom. The van der Waals surface area contributed by atoms with Crippen molar-refractivity contribution in [2.75, 3.05) is 7.11 Å². The summed E-state index contributed by atoms with van der Waals surface area (Å²) >= 11 is 5.79. The van der Waals surface area contributed by atoms with E-state index >= 15 is 0 Å². The Bertz CT molecular complexity index is 593. The standard InChI is InChI=1S/C13H10ClNO2/c1-17-13(16)7-3-9-2-5-11-10(8-9)4-6-12(14)15-11/h2-8H,1H3/b7-3+. The molecule has 0 unspecified atom stereocenters. The summed E-state index contributed by atoms with van der Waals surface area (Å²) < 4.78 is 4.52. The number of carbonyl (C=O) groups is 1. The molecule has 2 rings (SSSR count). The highest BCUT2D eigenvalue weighted by Gasteiger charge is 1.98. The summed E-state index contributed by atoms with van der Waals surface area (Å²) in [6.07, 6.45) is 3.07. The first-order valence-electron chi connectivity index (χ1n) is 5.01. The molecule has 1 aromatic carbocycles. The second-order valence-electron chi connectivity index (χ2n) is 3.44. The van der Waals surface area contributed by atoms with Gasteiger partial charge in [0.2, 0.25) is 0 Å². The van der Waals surface area contributed by atoms with E-state index in [-0.39, 0.29) is 5.97 Å². The van der Waals surface area contributed by atoms with E-state index in [1.807, 2.05) is 24.3 Å². The first kappa shape index (κ1) is 11.6. The van der Waals surface area contributed by atoms with Gasteiger partial charge in [0.05, 0.1) is 12.6 Å². The van der Waals surface area contributed by atoms with E-state index in [0.29, 0.717) is 5.15 Å². The summed E-state index contributed by atoms with van der Waals surface area (Å²) in [4.78, 5) is 15.1. The van der Waals surface area contributed by atoms with Crippen LogP contribution in [0.25, 0.3) is 17.0 Å². The average molecular weight is 248 g/mol. The molecule has 0 amide bonds. The molecule has 0 atom stereocenters. The van der Waals surface area contributed by atoms with Crippen LogP contribution < -0.4 is 0 Å². The molecule has 0 radical (unpaired) electrons. The van der Waals surface area contributed by atoms with E-state index in [1.165, 1.54) is 13.2 Å². The van der Waals surface area contributed by atoms with E-state index in [9.17, 15) is 4.79 Å². The molecule has 0 N–H and O–H groups in total. The number of aromatic nitrogens is 1. The van der Waals surface area contributed by atoms with E-state index in [2.05, 4.69) is 9.72 Å². The third-order valence-electron chi connectivity index (χ3n) is 2.29. The number of ether oxygens (including phenoxy) is 1. The highest BCUT2D eigenvalue weighted by atomic mass is 35.5. The van der Waals surface area contributed by atoms with E-state index in [1.54, 1.807) is 12.1 Å². The molecule has 2 aromatic rings. The SMILES string of the molecule is COC(=O)/C=C/c1ccc2nc(Cl)ccc2c1. The minimum Gasteiger partial charge on any atom is -0.466 e. The number of carbonyl (C=O) groups excluding carboxylic acids is 1. The number of benzene rings is 1. The van der Waals surface area contributed by atoms with Crippen molar-refractivity contribution in [2.45, 2.75) is 0 Å². The second kappa shape index (κ2) is 4.97. The minimum absolute atomic E-state index is 0.376. The molecule has 0 bridgehead atoms. The number of methoxy groups -OCH3 is 1. The molecule has 1 heterocycles. The fraction of sp³-hybridized carbons (Fsp3) is 0.0769. The maximum atomic E-state index is 11.0. The van der Waals surface area contributed by atoms with Gasteiger partial charge in [0, 0.05) is 11.5 Å². The van der Waals surface area contributed by atoms with Crippen molar-refractivity contribution in [1.82, 2.24) is 4.98 Å². The Morgan fingerprint density at radius 3 is 2.94 bits per heavy atom. The lowest BCUT2D eigenvalue weighted by Crippen LogP contribution is -1.93. The summed E-state index contributed by atoms with van der Waals surface area (Å²) in [6, 6.07) is 9.28. The predicted octanol–water partition coefficient (Wildman–Crippen LogP) is 3.07. The number of rotatable bonds is 2. The maximum absolute atomic E-state index is 11.0. The zero-order valence-electron chi connectivity index (χ0n) is 9.18. The van der Waals surface area contributed by atoms with Gasteiger partial charge < -0.3 is 4.74 Å². The molecule has 0 spiro atoms. The number of nitrogens with zero attached hydrogens (tertiary/aromatic N) is 1. The highest BCUT2D eigenvalue weighted by Crippen LogP contribution is 2.17. The third kappa shape index (κ3) is 2.82. The van der Waals surface area contributed by atoms with Crippen LogP contribution in [0.4, 0.5) is 0 Å². The minimum atomic E-state index is -0.376. The lowest BCUT2D eigenvalue weighted by Gasteiger charge is -1.99. The number of halogens is 1. The van der Waals surface area contributed by atoms with Crippen LogP contribution in [0.1, 0.15) is 5.56 Å². The molecule has 3 nitrogen and oxygen atoms in total. The van der Waals surface area contributed by atoms with Gasteiger partial charge in [-0.15, -0.1) is 0 Å². The third-order valence-corrected chi connectivity index (χ3v) is 2.50. The highest BCUT2D eigenvalue weighted by molar-refractivity contribution is 6.29. The first-order chi connectivity index (χ1) is 8.19. The number of pyridine rings is 1. The van der Waals surface area contributed by atoms with Gasteiger partial charge in [-0.3, -0.25) is 0 Å². The Kier molecular flexibility index (Phi) is 3.40. The topological polar surface area (TPSA) is 39.2 Å². The molecule has 0 saturated heterocycles. The number of fused-ring (bicyclic) bond motifs is 1. The molecule has 0 aliphatic heterocycles. The molecule has 0 fully saturated rings. The van der Waals surface area contributed by atoms with Gasteiger partial charge in [0.15, 0.2) is 0 Å². The van der Waals surface area contributed by atoms with E-state index in [0.717, 1.165) is 16.5 Å². The van der Waals surface area contributed by atoms with Crippen molar-refractivity contribution in [1.29, 1.82) is 0 Å². The van der Waals surface area contributed by atoms with Gasteiger partial charge in [-0.2, -0.15) is 0 Å². The molecule has 4 heteroatoms. The van der Waals surface area contributed by atoms with Gasteiger partial charge in [-0.1, -0.05) is 17.7 Å². The Labute approximate surface area is 104 Å². The summed E-state index contributed by atoms with van der Waals surface area (Å²) in [5.41, 5.74) is 1.74. The zero-order chi connectivity index (χ0) is 12.3. The quantitative estimate of drug-likeness (QED) is 0.465. The molecule has 0 saturated carbocycles. The van der Waals surface area contributed by atoms with Crippen molar-refractivity contribution in [3.63, 3.8) is 0 Å². The van der Waals surface area contributed by atoms with Gasteiger partial charge in [-0.25, -0.2) is 9.78 Å². The second-order valence-corrected chi connectivity index (χ2v) is 3.83. The molecule has 1 aromatic heterocycles. The number of hydrogen-bond donors (Lipinski definition) is 0. The van der Waals surface area contributed by atoms with E-state index in [4.69, 9.17) is 11.6 Å². The van der Waals surface area contributed by atoms with Crippen LogP contribution in [0.2, 0.25) is 5.15 Å². The summed E-state index contributed by atoms with van der Waals surface area (Å²) in [5.74, 6) is -0.376. The van der Waals surface area contributed by atoms with Crippen LogP contribution in [-0.4, -0.2) is 18.1 Å². The molecule has 0 aliphatic rings. The summed E-state index contributed by atoms with van der Waals surface area (Å²) in [7, 11) is 1.35. The van der Waals surface area contributed by atoms with Gasteiger partial charge in [-0.05, 0) is 35.9 Å². The fourth-order valence-corrected chi connectivity index (χ4v) is 1.61. The van der Waals surface area contributed by atoms with Crippen LogP contribution in [0.3, 0.4) is 0 Å². The zero-order valence-corrected chi connectivity index (χ0v) is 9.94. The Hall–Kier alpha value is -1.87. The predicted molar refractivity (Wildman–Crippen MR) is 67.8 cm³/mol. The number of esters is 1. The lowest BCUT2D eigenvalue weighted by molar-refractivity contribution is -0.134. The van der Waals surface area contributed by atoms with Crippen molar-refractivity contribution in [3.8, 4) is 0 Å². The summed E-state index contributed by atoms with van der Waals surface area (Å²) in [6.45, 7) is 0. The Morgan fingerprint density at radius 2 is 2.18 bits per heavy atom. The maximum Gasteiger partial charge on any atom is 0.330 e. The van der Waals surface area contributed by atoms with Gasteiger partial charge in [0.1, 0.15) is 5.15 Å². The average Bonchev–Trinajstić information content (AvgIpc) is 2.35. The van der Waals surface area contributed by atoms with Crippen LogP contribution >= 0.6 is 11.6 Å². The molecular weight excluding hydrogens is 238 g/mol. The number of hydrogen-bond acceptors (Lipinski definition) is 3. The van der Waals surface area contributed by atoms with Crippen molar-refractivity contribution < 1.29 is 9.53 Å². The van der Waals surface area contributed by atoms with Gasteiger partial charge >= 0.3 is 5.97 Å². The molecule has 17 heavy (non-hydrogen) atoms. The normalized spacial score (nSPS) is 10.9. The van der Waals surface area contributed by atoms with Gasteiger partial charge in [0.25, 0.3) is 0 Å². The van der Waals surface area contributed by atoms with Crippen molar-refractivity contribution >= 4 is 34.5 Å². The molecule has 86 valence electrons. The van der Waals surface area contributed by atoms with Crippen molar-refractivity contribution in [2.24, 2.45) is 0 Å². The Balaban J connectivity index is 2.35. The fourth-order valence-electron chi connectivity index (χ4n) is 1.46.